The van der Waals surface area contributed by atoms with Crippen LogP contribution < -0.4 is 10.9 Å². The van der Waals surface area contributed by atoms with Crippen molar-refractivity contribution < 1.29 is 0 Å². The quantitative estimate of drug-likeness (QED) is 0.767. The van der Waals surface area contributed by atoms with Gasteiger partial charge in [-0.2, -0.15) is 5.10 Å². The number of aromatic nitrogens is 3. The van der Waals surface area contributed by atoms with Crippen LogP contribution in [0.25, 0.3) is 5.65 Å². The van der Waals surface area contributed by atoms with Gasteiger partial charge in [0.1, 0.15) is 5.65 Å². The third-order valence-corrected chi connectivity index (χ3v) is 4.03. The lowest BCUT2D eigenvalue weighted by molar-refractivity contribution is 0.583. The maximum atomic E-state index is 12.8. The molecular formula is C16H16N4O. The summed E-state index contributed by atoms with van der Waals surface area (Å²) in [6.07, 6.45) is 2.52. The van der Waals surface area contributed by atoms with Crippen molar-refractivity contribution in [3.63, 3.8) is 0 Å². The molecule has 0 fully saturated rings. The maximum Gasteiger partial charge on any atom is 0.257 e. The molecule has 3 heterocycles. The summed E-state index contributed by atoms with van der Waals surface area (Å²) in [5.41, 5.74) is 3.97. The average Bonchev–Trinajstić information content (AvgIpc) is 3.02. The first-order chi connectivity index (χ1) is 10.3. The molecule has 0 saturated carbocycles. The van der Waals surface area contributed by atoms with Crippen molar-refractivity contribution in [1.82, 2.24) is 19.5 Å². The minimum atomic E-state index is 0.114. The molecule has 0 aliphatic carbocycles. The van der Waals surface area contributed by atoms with Crippen LogP contribution in [0.2, 0.25) is 0 Å². The molecule has 1 N–H and O–H groups in total. The molecule has 1 aliphatic rings. The Morgan fingerprint density at radius 2 is 2.05 bits per heavy atom. The first-order valence-electron chi connectivity index (χ1n) is 7.17. The highest BCUT2D eigenvalue weighted by atomic mass is 16.1. The second-order valence-corrected chi connectivity index (χ2v) is 5.33. The van der Waals surface area contributed by atoms with Crippen LogP contribution in [0, 0.1) is 0 Å². The van der Waals surface area contributed by atoms with E-state index in [9.17, 15) is 4.79 Å². The van der Waals surface area contributed by atoms with Gasteiger partial charge in [-0.05, 0) is 18.5 Å². The van der Waals surface area contributed by atoms with E-state index in [2.05, 4.69) is 10.4 Å². The van der Waals surface area contributed by atoms with E-state index in [4.69, 9.17) is 0 Å². The van der Waals surface area contributed by atoms with Crippen LogP contribution in [-0.2, 0) is 19.5 Å². The molecule has 0 bridgehead atoms. The Labute approximate surface area is 121 Å². The summed E-state index contributed by atoms with van der Waals surface area (Å²) in [5, 5.41) is 7.70. The van der Waals surface area contributed by atoms with E-state index >= 15 is 0 Å². The highest BCUT2D eigenvalue weighted by molar-refractivity contribution is 5.43. The van der Waals surface area contributed by atoms with Gasteiger partial charge in [0.05, 0.1) is 18.4 Å². The molecule has 0 atom stereocenters. The Balaban J connectivity index is 1.94. The van der Waals surface area contributed by atoms with E-state index in [1.807, 2.05) is 45.5 Å². The van der Waals surface area contributed by atoms with Crippen molar-refractivity contribution in [3.05, 3.63) is 69.8 Å². The summed E-state index contributed by atoms with van der Waals surface area (Å²) >= 11 is 0. The molecule has 5 heteroatoms. The molecule has 1 aliphatic heterocycles. The van der Waals surface area contributed by atoms with Crippen molar-refractivity contribution >= 4 is 5.65 Å². The molecule has 0 radical (unpaired) electrons. The van der Waals surface area contributed by atoms with E-state index in [-0.39, 0.29) is 5.56 Å². The van der Waals surface area contributed by atoms with Crippen LogP contribution in [0.15, 0.2) is 47.4 Å². The average molecular weight is 280 g/mol. The zero-order valence-electron chi connectivity index (χ0n) is 11.6. The predicted octanol–water partition coefficient (Wildman–Crippen LogP) is 1.19. The minimum Gasteiger partial charge on any atom is -0.311 e. The van der Waals surface area contributed by atoms with Crippen LogP contribution in [0.5, 0.6) is 0 Å². The number of benzene rings is 1. The lowest BCUT2D eigenvalue weighted by Gasteiger charge is -2.20. The van der Waals surface area contributed by atoms with Gasteiger partial charge in [-0.15, -0.1) is 0 Å². The van der Waals surface area contributed by atoms with E-state index in [1.54, 1.807) is 6.20 Å². The van der Waals surface area contributed by atoms with Crippen molar-refractivity contribution in [2.75, 3.05) is 6.54 Å². The largest absolute Gasteiger partial charge is 0.311 e. The fraction of sp³-hybridized carbons (Fsp3) is 0.250. The molecular weight excluding hydrogens is 264 g/mol. The summed E-state index contributed by atoms with van der Waals surface area (Å²) in [6.45, 7) is 2.13. The molecule has 5 nitrogen and oxygen atoms in total. The highest BCUT2D eigenvalue weighted by Gasteiger charge is 2.19. The fourth-order valence-corrected chi connectivity index (χ4v) is 3.00. The van der Waals surface area contributed by atoms with Crippen LogP contribution in [0.1, 0.15) is 16.8 Å². The minimum absolute atomic E-state index is 0.114. The van der Waals surface area contributed by atoms with Crippen LogP contribution in [0.3, 0.4) is 0 Å². The molecule has 1 aromatic carbocycles. The van der Waals surface area contributed by atoms with E-state index < -0.39 is 0 Å². The number of fused-ring (bicyclic) bond motifs is 3. The summed E-state index contributed by atoms with van der Waals surface area (Å²) in [7, 11) is 0. The number of hydrogen-bond acceptors (Lipinski definition) is 3. The van der Waals surface area contributed by atoms with Crippen LogP contribution in [-0.4, -0.2) is 20.7 Å². The smallest absolute Gasteiger partial charge is 0.257 e. The van der Waals surface area contributed by atoms with Crippen molar-refractivity contribution in [1.29, 1.82) is 0 Å². The van der Waals surface area contributed by atoms with E-state index in [1.165, 1.54) is 0 Å². The lowest BCUT2D eigenvalue weighted by Crippen LogP contribution is -2.36. The van der Waals surface area contributed by atoms with Gasteiger partial charge in [0.15, 0.2) is 0 Å². The molecule has 0 spiro atoms. The Kier molecular flexibility index (Phi) is 2.86. The normalized spacial score (nSPS) is 14.3. The van der Waals surface area contributed by atoms with Crippen LogP contribution >= 0.6 is 0 Å². The van der Waals surface area contributed by atoms with Gasteiger partial charge in [-0.3, -0.25) is 9.36 Å². The van der Waals surface area contributed by atoms with Gasteiger partial charge in [-0.1, -0.05) is 30.3 Å². The molecule has 106 valence electrons. The molecule has 3 aromatic rings. The van der Waals surface area contributed by atoms with Gasteiger partial charge >= 0.3 is 0 Å². The van der Waals surface area contributed by atoms with Gasteiger partial charge < -0.3 is 5.32 Å². The van der Waals surface area contributed by atoms with Gasteiger partial charge in [0.25, 0.3) is 5.56 Å². The predicted molar refractivity (Wildman–Crippen MR) is 80.4 cm³/mol. The van der Waals surface area contributed by atoms with Gasteiger partial charge in [0.2, 0.25) is 0 Å². The maximum absolute atomic E-state index is 12.8. The Hall–Kier alpha value is -2.40. The second-order valence-electron chi connectivity index (χ2n) is 5.33. The second kappa shape index (κ2) is 4.86. The third-order valence-electron chi connectivity index (χ3n) is 4.03. The Bertz CT molecular complexity index is 848. The number of nitrogens with zero attached hydrogens (tertiary/aromatic N) is 3. The van der Waals surface area contributed by atoms with Gasteiger partial charge in [-0.25, -0.2) is 4.52 Å². The molecule has 0 amide bonds. The summed E-state index contributed by atoms with van der Waals surface area (Å²) < 4.78 is 3.72. The third kappa shape index (κ3) is 1.97. The summed E-state index contributed by atoms with van der Waals surface area (Å²) in [5.74, 6) is 0. The highest BCUT2D eigenvalue weighted by Crippen LogP contribution is 2.14. The zero-order valence-corrected chi connectivity index (χ0v) is 11.6. The standard InChI is InChI=1S/C16H16N4O/c21-16-13-6-8-17-10-14(13)20-15(7-9-18-20)19(16)11-12-4-2-1-3-5-12/h1-5,7,9,17H,6,8,10-11H2. The summed E-state index contributed by atoms with van der Waals surface area (Å²) in [6, 6.07) is 12.0. The molecule has 4 rings (SSSR count). The fourth-order valence-electron chi connectivity index (χ4n) is 3.00. The lowest BCUT2D eigenvalue weighted by atomic mass is 10.1. The zero-order chi connectivity index (χ0) is 14.2. The summed E-state index contributed by atoms with van der Waals surface area (Å²) in [4.78, 5) is 12.8. The molecule has 0 unspecified atom stereocenters. The van der Waals surface area contributed by atoms with Crippen molar-refractivity contribution in [3.8, 4) is 0 Å². The van der Waals surface area contributed by atoms with Gasteiger partial charge in [0, 0.05) is 18.2 Å². The number of hydrogen-bond donors (Lipinski definition) is 1. The SMILES string of the molecule is O=c1c2c(n3nccc3n1Cc1ccccc1)CNCC2. The first kappa shape index (κ1) is 12.3. The molecule has 21 heavy (non-hydrogen) atoms. The monoisotopic (exact) mass is 280 g/mol. The number of rotatable bonds is 2. The molecule has 2 aromatic heterocycles. The van der Waals surface area contributed by atoms with Crippen LogP contribution in [0.4, 0.5) is 0 Å². The molecule has 0 saturated heterocycles. The Morgan fingerprint density at radius 3 is 2.90 bits per heavy atom. The van der Waals surface area contributed by atoms with E-state index in [0.29, 0.717) is 13.1 Å². The number of nitrogens with one attached hydrogen (secondary N) is 1. The Morgan fingerprint density at radius 1 is 1.19 bits per heavy atom. The van der Waals surface area contributed by atoms with Crippen molar-refractivity contribution in [2.24, 2.45) is 0 Å². The topological polar surface area (TPSA) is 51.3 Å². The van der Waals surface area contributed by atoms with E-state index in [0.717, 1.165) is 35.4 Å². The van der Waals surface area contributed by atoms with Crippen molar-refractivity contribution in [2.45, 2.75) is 19.5 Å². The first-order valence-corrected chi connectivity index (χ1v) is 7.17.